The van der Waals surface area contributed by atoms with Crippen LogP contribution >= 0.6 is 0 Å². The van der Waals surface area contributed by atoms with Crippen molar-refractivity contribution in [1.82, 2.24) is 0 Å². The maximum atomic E-state index is 2.42. The van der Waals surface area contributed by atoms with Gasteiger partial charge >= 0.3 is 73.1 Å². The Balaban J connectivity index is 3.98. The molecule has 0 aromatic carbocycles. The molecule has 0 aliphatic rings. The first-order chi connectivity index (χ1) is 4.46. The molecule has 0 aliphatic carbocycles. The summed E-state index contributed by atoms with van der Waals surface area (Å²) in [4.78, 5) is 0. The zero-order valence-electron chi connectivity index (χ0n) is 8.31. The molecular formula is C9H22Sn. The van der Waals surface area contributed by atoms with Crippen LogP contribution in [0.2, 0.25) is 11.8 Å². The molecule has 0 rings (SSSR count). The molecule has 0 unspecified atom stereocenters. The van der Waals surface area contributed by atoms with Crippen molar-refractivity contribution in [3.05, 3.63) is 0 Å². The Kier molecular flexibility index (Phi) is 5.00. The number of hydrogen-bond acceptors (Lipinski definition) is 0. The summed E-state index contributed by atoms with van der Waals surface area (Å²) < 4.78 is 3.13. The second kappa shape index (κ2) is 4.63. The van der Waals surface area contributed by atoms with Crippen LogP contribution in [0.1, 0.15) is 41.5 Å². The molecule has 0 atom stereocenters. The first-order valence-corrected chi connectivity index (χ1v) is 10.2. The van der Waals surface area contributed by atoms with Gasteiger partial charge in [-0.15, -0.1) is 0 Å². The molecule has 0 saturated heterocycles. The Morgan fingerprint density at radius 1 is 0.600 bits per heavy atom. The van der Waals surface area contributed by atoms with Crippen LogP contribution in [0.4, 0.5) is 0 Å². The molecule has 0 aromatic rings. The van der Waals surface area contributed by atoms with Crippen molar-refractivity contribution in [3.8, 4) is 0 Å². The van der Waals surface area contributed by atoms with Crippen LogP contribution in [0.3, 0.4) is 0 Å². The van der Waals surface area contributed by atoms with Gasteiger partial charge in [-0.25, -0.2) is 0 Å². The second-order valence-electron chi connectivity index (χ2n) is 4.31. The van der Waals surface area contributed by atoms with Gasteiger partial charge < -0.3 is 0 Å². The Hall–Kier alpha value is 0.799. The number of rotatable bonds is 3. The molecule has 0 N–H and O–H groups in total. The van der Waals surface area contributed by atoms with Crippen molar-refractivity contribution >= 4 is 19.8 Å². The van der Waals surface area contributed by atoms with Crippen molar-refractivity contribution in [2.24, 2.45) is 0 Å². The summed E-state index contributed by atoms with van der Waals surface area (Å²) in [6.07, 6.45) is 0. The second-order valence-corrected chi connectivity index (χ2v) is 19.0. The zero-order valence-corrected chi connectivity index (χ0v) is 11.6. The van der Waals surface area contributed by atoms with E-state index in [2.05, 4.69) is 41.5 Å². The summed E-state index contributed by atoms with van der Waals surface area (Å²) in [5, 5.41) is 0. The summed E-state index contributed by atoms with van der Waals surface area (Å²) in [5.41, 5.74) is 0. The van der Waals surface area contributed by atoms with Crippen molar-refractivity contribution in [1.29, 1.82) is 0 Å². The van der Waals surface area contributed by atoms with Crippen LogP contribution in [0.25, 0.3) is 0 Å². The molecule has 0 fully saturated rings. The van der Waals surface area contributed by atoms with Crippen LogP contribution < -0.4 is 0 Å². The summed E-state index contributed by atoms with van der Waals surface area (Å²) >= 11 is -1.14. The van der Waals surface area contributed by atoms with Crippen molar-refractivity contribution < 1.29 is 0 Å². The molecule has 0 radical (unpaired) electrons. The van der Waals surface area contributed by atoms with Gasteiger partial charge in [-0.2, -0.15) is 0 Å². The van der Waals surface area contributed by atoms with Gasteiger partial charge in [0.25, 0.3) is 0 Å². The van der Waals surface area contributed by atoms with Crippen molar-refractivity contribution in [2.75, 3.05) is 0 Å². The van der Waals surface area contributed by atoms with E-state index in [0.29, 0.717) is 0 Å². The summed E-state index contributed by atoms with van der Waals surface area (Å²) in [6, 6.07) is 0. The zero-order chi connectivity index (χ0) is 8.31. The molecule has 0 aliphatic heterocycles. The normalized spacial score (nSPS) is 12.6. The quantitative estimate of drug-likeness (QED) is 0.672. The third kappa shape index (κ3) is 3.27. The molecule has 62 valence electrons. The van der Waals surface area contributed by atoms with Crippen molar-refractivity contribution in [3.63, 3.8) is 0 Å². The predicted molar refractivity (Wildman–Crippen MR) is 52.4 cm³/mol. The molecule has 0 spiro atoms. The monoisotopic (exact) mass is 250 g/mol. The molecule has 0 aromatic heterocycles. The molecule has 0 heterocycles. The topological polar surface area (TPSA) is 0 Å². The summed E-state index contributed by atoms with van der Waals surface area (Å²) in [5.74, 6) is 0. The van der Waals surface area contributed by atoms with Gasteiger partial charge in [0.15, 0.2) is 0 Å². The Labute approximate surface area is 73.1 Å². The SMILES string of the molecule is C[CH](C)[SnH]([CH](C)C)[CH](C)C. The molecule has 0 saturated carbocycles. The van der Waals surface area contributed by atoms with E-state index in [0.717, 1.165) is 11.8 Å². The van der Waals surface area contributed by atoms with Crippen LogP contribution in [0.5, 0.6) is 0 Å². The third-order valence-electron chi connectivity index (χ3n) is 2.31. The fourth-order valence-corrected chi connectivity index (χ4v) is 15.5. The average Bonchev–Trinajstić information content (AvgIpc) is 1.59. The van der Waals surface area contributed by atoms with Gasteiger partial charge in [0.2, 0.25) is 0 Å². The summed E-state index contributed by atoms with van der Waals surface area (Å²) in [6.45, 7) is 14.5. The fourth-order valence-electron chi connectivity index (χ4n) is 2.31. The molecule has 0 nitrogen and oxygen atoms in total. The van der Waals surface area contributed by atoms with Gasteiger partial charge in [-0.1, -0.05) is 0 Å². The molecule has 1 heteroatoms. The maximum absolute atomic E-state index is 2.42. The summed E-state index contributed by atoms with van der Waals surface area (Å²) in [7, 11) is 0. The first-order valence-electron chi connectivity index (χ1n) is 4.46. The van der Waals surface area contributed by atoms with E-state index in [-0.39, 0.29) is 0 Å². The third-order valence-corrected chi connectivity index (χ3v) is 15.5. The molecule has 0 amide bonds. The Bertz CT molecular complexity index is 65.7. The van der Waals surface area contributed by atoms with Crippen LogP contribution in [-0.4, -0.2) is 19.8 Å². The van der Waals surface area contributed by atoms with E-state index in [4.69, 9.17) is 0 Å². The van der Waals surface area contributed by atoms with Crippen LogP contribution in [0.15, 0.2) is 0 Å². The molecule has 0 bridgehead atoms. The van der Waals surface area contributed by atoms with Gasteiger partial charge in [0.1, 0.15) is 0 Å². The van der Waals surface area contributed by atoms with E-state index in [1.54, 1.807) is 0 Å². The van der Waals surface area contributed by atoms with E-state index in [1.807, 2.05) is 0 Å². The predicted octanol–water partition coefficient (Wildman–Crippen LogP) is 3.44. The minimum atomic E-state index is -1.14. The van der Waals surface area contributed by atoms with Crippen LogP contribution in [-0.2, 0) is 0 Å². The number of hydrogen-bond donors (Lipinski definition) is 0. The van der Waals surface area contributed by atoms with Gasteiger partial charge in [0, 0.05) is 0 Å². The van der Waals surface area contributed by atoms with E-state index in [9.17, 15) is 0 Å². The van der Waals surface area contributed by atoms with E-state index in [1.165, 1.54) is 0 Å². The fraction of sp³-hybridized carbons (Fsp3) is 1.00. The first kappa shape index (κ1) is 10.8. The Morgan fingerprint density at radius 3 is 0.800 bits per heavy atom. The van der Waals surface area contributed by atoms with Gasteiger partial charge in [-0.05, 0) is 0 Å². The molecular weight excluding hydrogens is 227 g/mol. The van der Waals surface area contributed by atoms with Gasteiger partial charge in [-0.3, -0.25) is 0 Å². The minimum absolute atomic E-state index is 1.04. The molecule has 10 heavy (non-hydrogen) atoms. The van der Waals surface area contributed by atoms with Crippen LogP contribution in [0, 0.1) is 0 Å². The van der Waals surface area contributed by atoms with Gasteiger partial charge in [0.05, 0.1) is 0 Å². The van der Waals surface area contributed by atoms with Crippen molar-refractivity contribution in [2.45, 2.75) is 53.3 Å². The standard InChI is InChI=1S/3C3H7.Sn.H/c3*1-3-2;;/h3*3H,1-2H3;;. The Morgan fingerprint density at radius 2 is 0.800 bits per heavy atom. The van der Waals surface area contributed by atoms with E-state index < -0.39 is 19.8 Å². The average molecular weight is 249 g/mol. The van der Waals surface area contributed by atoms with E-state index >= 15 is 0 Å².